The van der Waals surface area contributed by atoms with Crippen molar-refractivity contribution < 1.29 is 9.53 Å². The lowest BCUT2D eigenvalue weighted by Gasteiger charge is -2.17. The molecule has 2 N–H and O–H groups in total. The van der Waals surface area contributed by atoms with Crippen LogP contribution in [0.5, 0.6) is 5.75 Å². The highest BCUT2D eigenvalue weighted by atomic mass is 35.5. The number of hydrogen-bond acceptors (Lipinski definition) is 4. The van der Waals surface area contributed by atoms with E-state index in [0.717, 1.165) is 11.3 Å². The van der Waals surface area contributed by atoms with Crippen LogP contribution in [0.1, 0.15) is 11.3 Å². The largest absolute Gasteiger partial charge is 0.497 e. The number of aromatic nitrogens is 1. The average Bonchev–Trinajstić information content (AvgIpc) is 2.49. The van der Waals surface area contributed by atoms with E-state index in [1.165, 1.54) is 0 Å². The van der Waals surface area contributed by atoms with E-state index >= 15 is 0 Å². The van der Waals surface area contributed by atoms with Gasteiger partial charge in [0.1, 0.15) is 5.75 Å². The minimum absolute atomic E-state index is 0. The van der Waals surface area contributed by atoms with E-state index in [0.29, 0.717) is 17.9 Å². The number of likely N-dealkylation sites (N-methyl/N-ethyl adjacent to an activating group) is 1. The highest BCUT2D eigenvalue weighted by Crippen LogP contribution is 2.14. The molecule has 0 spiro atoms. The van der Waals surface area contributed by atoms with Crippen LogP contribution in [-0.2, 0) is 17.8 Å². The average molecular weight is 322 g/mol. The minimum Gasteiger partial charge on any atom is -0.497 e. The van der Waals surface area contributed by atoms with Crippen LogP contribution in [-0.4, -0.2) is 29.9 Å². The zero-order chi connectivity index (χ0) is 15.2. The van der Waals surface area contributed by atoms with Gasteiger partial charge in [-0.3, -0.25) is 9.78 Å². The smallest absolute Gasteiger partial charge is 0.228 e. The number of hydrogen-bond donors (Lipinski definition) is 1. The molecule has 0 bridgehead atoms. The molecule has 0 saturated heterocycles. The number of nitrogens with two attached hydrogens (primary N) is 1. The molecule has 0 atom stereocenters. The topological polar surface area (TPSA) is 68.5 Å². The Labute approximate surface area is 136 Å². The Hall–Kier alpha value is -2.27. The number of nitrogens with zero attached hydrogens (tertiary/aromatic N) is 2. The number of pyridine rings is 1. The van der Waals surface area contributed by atoms with Crippen molar-refractivity contribution in [2.45, 2.75) is 13.0 Å². The third-order valence-electron chi connectivity index (χ3n) is 3.16. The number of carbonyl (C=O) groups is 1. The maximum Gasteiger partial charge on any atom is 0.228 e. The van der Waals surface area contributed by atoms with Gasteiger partial charge in [-0.05, 0) is 29.8 Å². The summed E-state index contributed by atoms with van der Waals surface area (Å²) < 4.78 is 5.18. The predicted octanol–water partition coefficient (Wildman–Crippen LogP) is 2.30. The fraction of sp³-hybridized carbons (Fsp3) is 0.250. The summed E-state index contributed by atoms with van der Waals surface area (Å²) in [6.07, 6.45) is 1.82. The van der Waals surface area contributed by atoms with Crippen molar-refractivity contribution in [3.8, 4) is 5.75 Å². The summed E-state index contributed by atoms with van der Waals surface area (Å²) in [6.45, 7) is 0.533. The highest BCUT2D eigenvalue weighted by molar-refractivity contribution is 5.85. The maximum absolute atomic E-state index is 12.2. The van der Waals surface area contributed by atoms with Crippen molar-refractivity contribution in [3.63, 3.8) is 0 Å². The second kappa shape index (κ2) is 8.24. The van der Waals surface area contributed by atoms with Gasteiger partial charge < -0.3 is 15.4 Å². The molecule has 0 saturated carbocycles. The van der Waals surface area contributed by atoms with Crippen LogP contribution < -0.4 is 10.5 Å². The number of carbonyl (C=O) groups excluding carboxylic acids is 1. The van der Waals surface area contributed by atoms with Gasteiger partial charge in [-0.15, -0.1) is 12.4 Å². The Balaban J connectivity index is 0.00000242. The normalized spacial score (nSPS) is 9.73. The first kappa shape index (κ1) is 17.8. The van der Waals surface area contributed by atoms with Gasteiger partial charge in [0, 0.05) is 19.3 Å². The second-order valence-corrected chi connectivity index (χ2v) is 4.86. The summed E-state index contributed by atoms with van der Waals surface area (Å²) in [5.41, 5.74) is 7.91. The zero-order valence-electron chi connectivity index (χ0n) is 12.7. The predicted molar refractivity (Wildman–Crippen MR) is 89.1 cm³/mol. The molecule has 6 heteroatoms. The number of nitrogen functional groups attached to an aromatic ring is 1. The Morgan fingerprint density at radius 3 is 2.73 bits per heavy atom. The Morgan fingerprint density at radius 1 is 1.32 bits per heavy atom. The van der Waals surface area contributed by atoms with Crippen molar-refractivity contribution in [1.29, 1.82) is 0 Å². The van der Waals surface area contributed by atoms with E-state index in [-0.39, 0.29) is 24.7 Å². The summed E-state index contributed by atoms with van der Waals surface area (Å²) >= 11 is 0. The van der Waals surface area contributed by atoms with Crippen LogP contribution in [0.4, 0.5) is 5.69 Å². The molecule has 0 unspecified atom stereocenters. The molecule has 0 aliphatic carbocycles. The van der Waals surface area contributed by atoms with Crippen LogP contribution in [0.15, 0.2) is 42.6 Å². The van der Waals surface area contributed by atoms with E-state index in [1.54, 1.807) is 37.4 Å². The van der Waals surface area contributed by atoms with Gasteiger partial charge >= 0.3 is 0 Å². The molecule has 5 nitrogen and oxygen atoms in total. The second-order valence-electron chi connectivity index (χ2n) is 4.86. The molecular formula is C16H20ClN3O2. The SMILES string of the molecule is COc1cccc(CN(C)C(=O)Cc2ccc(N)cn2)c1.Cl. The molecule has 0 aliphatic rings. The van der Waals surface area contributed by atoms with Gasteiger partial charge in [-0.2, -0.15) is 0 Å². The van der Waals surface area contributed by atoms with Gasteiger partial charge in [-0.1, -0.05) is 12.1 Å². The first-order chi connectivity index (χ1) is 10.1. The number of methoxy groups -OCH3 is 1. The number of halogens is 1. The summed E-state index contributed by atoms with van der Waals surface area (Å²) in [5.74, 6) is 0.795. The van der Waals surface area contributed by atoms with Crippen molar-refractivity contribution in [1.82, 2.24) is 9.88 Å². The van der Waals surface area contributed by atoms with E-state index in [1.807, 2.05) is 24.3 Å². The van der Waals surface area contributed by atoms with E-state index < -0.39 is 0 Å². The van der Waals surface area contributed by atoms with Gasteiger partial charge in [0.2, 0.25) is 5.91 Å². The van der Waals surface area contributed by atoms with Crippen molar-refractivity contribution in [3.05, 3.63) is 53.9 Å². The number of rotatable bonds is 5. The monoisotopic (exact) mass is 321 g/mol. The van der Waals surface area contributed by atoms with Crippen LogP contribution >= 0.6 is 12.4 Å². The lowest BCUT2D eigenvalue weighted by molar-refractivity contribution is -0.129. The van der Waals surface area contributed by atoms with Crippen molar-refractivity contribution >= 4 is 24.0 Å². The molecule has 1 amide bonds. The fourth-order valence-electron chi connectivity index (χ4n) is 1.96. The van der Waals surface area contributed by atoms with Crippen LogP contribution in [0.2, 0.25) is 0 Å². The Kier molecular flexibility index (Phi) is 6.66. The van der Waals surface area contributed by atoms with Crippen LogP contribution in [0.25, 0.3) is 0 Å². The number of amides is 1. The number of anilines is 1. The van der Waals surface area contributed by atoms with Crippen LogP contribution in [0.3, 0.4) is 0 Å². The van der Waals surface area contributed by atoms with E-state index in [9.17, 15) is 4.79 Å². The molecule has 0 radical (unpaired) electrons. The first-order valence-electron chi connectivity index (χ1n) is 6.66. The number of benzene rings is 1. The fourth-order valence-corrected chi connectivity index (χ4v) is 1.96. The molecule has 2 rings (SSSR count). The lowest BCUT2D eigenvalue weighted by Crippen LogP contribution is -2.28. The summed E-state index contributed by atoms with van der Waals surface area (Å²) in [6, 6.07) is 11.2. The molecule has 0 aliphatic heterocycles. The molecule has 118 valence electrons. The summed E-state index contributed by atoms with van der Waals surface area (Å²) in [5, 5.41) is 0. The molecule has 22 heavy (non-hydrogen) atoms. The highest BCUT2D eigenvalue weighted by Gasteiger charge is 2.11. The van der Waals surface area contributed by atoms with Crippen molar-refractivity contribution in [2.75, 3.05) is 19.9 Å². The quantitative estimate of drug-likeness (QED) is 0.917. The summed E-state index contributed by atoms with van der Waals surface area (Å²) in [4.78, 5) is 18.0. The molecule has 1 aromatic heterocycles. The van der Waals surface area contributed by atoms with Gasteiger partial charge in [-0.25, -0.2) is 0 Å². The van der Waals surface area contributed by atoms with E-state index in [4.69, 9.17) is 10.5 Å². The Bertz CT molecular complexity index is 617. The van der Waals surface area contributed by atoms with E-state index in [2.05, 4.69) is 4.98 Å². The molecule has 1 heterocycles. The first-order valence-corrected chi connectivity index (χ1v) is 6.66. The third-order valence-corrected chi connectivity index (χ3v) is 3.16. The third kappa shape index (κ3) is 4.93. The van der Waals surface area contributed by atoms with Gasteiger partial charge in [0.05, 0.1) is 25.4 Å². The minimum atomic E-state index is 0. The maximum atomic E-state index is 12.2. The summed E-state index contributed by atoms with van der Waals surface area (Å²) in [7, 11) is 3.40. The molecule has 0 fully saturated rings. The molecule has 2 aromatic rings. The molecular weight excluding hydrogens is 302 g/mol. The Morgan fingerprint density at radius 2 is 2.09 bits per heavy atom. The van der Waals surface area contributed by atoms with Crippen molar-refractivity contribution in [2.24, 2.45) is 0 Å². The zero-order valence-corrected chi connectivity index (χ0v) is 13.5. The number of ether oxygens (including phenoxy) is 1. The standard InChI is InChI=1S/C16H19N3O2.ClH/c1-19(11-12-4-3-5-15(8-12)21-2)16(20)9-14-7-6-13(17)10-18-14;/h3-8,10H,9,11,17H2,1-2H3;1H. The van der Waals surface area contributed by atoms with Gasteiger partial charge in [0.15, 0.2) is 0 Å². The van der Waals surface area contributed by atoms with Gasteiger partial charge in [0.25, 0.3) is 0 Å². The molecule has 1 aromatic carbocycles. The van der Waals surface area contributed by atoms with Crippen LogP contribution in [0, 0.1) is 0 Å². The lowest BCUT2D eigenvalue weighted by atomic mass is 10.2.